The first-order valence-electron chi connectivity index (χ1n) is 10.2. The number of anilines is 1. The van der Waals surface area contributed by atoms with Crippen molar-refractivity contribution in [3.05, 3.63) is 71.9 Å². The van der Waals surface area contributed by atoms with E-state index in [-0.39, 0.29) is 6.04 Å². The van der Waals surface area contributed by atoms with Crippen LogP contribution in [0.15, 0.2) is 66.3 Å². The molecular formula is C24H23N5S. The minimum Gasteiger partial charge on any atom is -0.368 e. The van der Waals surface area contributed by atoms with Gasteiger partial charge in [0.25, 0.3) is 0 Å². The van der Waals surface area contributed by atoms with Gasteiger partial charge in [-0.05, 0) is 31.9 Å². The number of aromatic nitrogens is 4. The number of benzene rings is 2. The first-order valence-corrected chi connectivity index (χ1v) is 11.1. The third-order valence-electron chi connectivity index (χ3n) is 5.25. The number of hydrogen-bond donors (Lipinski definition) is 1. The van der Waals surface area contributed by atoms with Crippen molar-refractivity contribution in [2.24, 2.45) is 0 Å². The summed E-state index contributed by atoms with van der Waals surface area (Å²) in [5.74, 6) is 1.53. The highest BCUT2D eigenvalue weighted by molar-refractivity contribution is 7.17. The predicted octanol–water partition coefficient (Wildman–Crippen LogP) is 5.94. The maximum atomic E-state index is 4.93. The molecule has 0 atom stereocenters. The van der Waals surface area contributed by atoms with Gasteiger partial charge in [0.15, 0.2) is 17.3 Å². The second-order valence-corrected chi connectivity index (χ2v) is 8.53. The first-order chi connectivity index (χ1) is 14.7. The molecule has 5 nitrogen and oxygen atoms in total. The summed E-state index contributed by atoms with van der Waals surface area (Å²) >= 11 is 1.72. The van der Waals surface area contributed by atoms with Gasteiger partial charge in [-0.1, -0.05) is 48.5 Å². The highest BCUT2D eigenvalue weighted by Crippen LogP contribution is 2.34. The Bertz CT molecular complexity index is 1300. The Balaban J connectivity index is 1.57. The smallest absolute Gasteiger partial charge is 0.166 e. The van der Waals surface area contributed by atoms with Crippen LogP contribution in [0.4, 0.5) is 5.82 Å². The van der Waals surface area contributed by atoms with Gasteiger partial charge < -0.3 is 9.88 Å². The third kappa shape index (κ3) is 3.44. The van der Waals surface area contributed by atoms with Crippen LogP contribution in [0, 0.1) is 0 Å². The van der Waals surface area contributed by atoms with Crippen LogP contribution < -0.4 is 5.32 Å². The van der Waals surface area contributed by atoms with E-state index in [0.29, 0.717) is 0 Å². The van der Waals surface area contributed by atoms with Gasteiger partial charge in [0.1, 0.15) is 5.52 Å². The maximum Gasteiger partial charge on any atom is 0.166 e. The van der Waals surface area contributed by atoms with Crippen molar-refractivity contribution in [2.75, 3.05) is 11.9 Å². The summed E-state index contributed by atoms with van der Waals surface area (Å²) in [6, 6.07) is 19.2. The molecule has 3 heterocycles. The zero-order valence-electron chi connectivity index (χ0n) is 17.0. The van der Waals surface area contributed by atoms with Gasteiger partial charge in [-0.2, -0.15) is 0 Å². The molecule has 0 saturated carbocycles. The molecule has 0 aliphatic rings. The molecule has 0 spiro atoms. The topological polar surface area (TPSA) is 55.6 Å². The van der Waals surface area contributed by atoms with E-state index in [9.17, 15) is 0 Å². The summed E-state index contributed by atoms with van der Waals surface area (Å²) < 4.78 is 3.35. The van der Waals surface area contributed by atoms with E-state index in [4.69, 9.17) is 9.97 Å². The summed E-state index contributed by atoms with van der Waals surface area (Å²) in [6.07, 6.45) is 2.79. The molecule has 5 rings (SSSR count). The SMILES string of the molecule is CC(C)n1cnc2c(NCCc3ccccc3)nc(-c3csc4ccccc34)nc21. The molecule has 0 aliphatic heterocycles. The minimum absolute atomic E-state index is 0.272. The van der Waals surface area contributed by atoms with Crippen molar-refractivity contribution in [1.82, 2.24) is 19.5 Å². The first kappa shape index (κ1) is 18.8. The average molecular weight is 414 g/mol. The number of fused-ring (bicyclic) bond motifs is 2. The number of hydrogen-bond acceptors (Lipinski definition) is 5. The lowest BCUT2D eigenvalue weighted by molar-refractivity contribution is 0.613. The molecule has 0 saturated heterocycles. The Hall–Kier alpha value is -3.25. The molecule has 150 valence electrons. The lowest BCUT2D eigenvalue weighted by Gasteiger charge is -2.11. The number of rotatable bonds is 6. The maximum absolute atomic E-state index is 4.93. The third-order valence-corrected chi connectivity index (χ3v) is 6.21. The Labute approximate surface area is 179 Å². The van der Waals surface area contributed by atoms with E-state index in [1.165, 1.54) is 15.6 Å². The van der Waals surface area contributed by atoms with E-state index in [0.717, 1.165) is 41.3 Å². The van der Waals surface area contributed by atoms with Crippen LogP contribution in [0.2, 0.25) is 0 Å². The van der Waals surface area contributed by atoms with Gasteiger partial charge in [0, 0.05) is 33.6 Å². The van der Waals surface area contributed by atoms with Crippen molar-refractivity contribution in [1.29, 1.82) is 0 Å². The fraction of sp³-hybridized carbons (Fsp3) is 0.208. The number of imidazole rings is 1. The Morgan fingerprint density at radius 3 is 2.63 bits per heavy atom. The van der Waals surface area contributed by atoms with E-state index in [1.54, 1.807) is 11.3 Å². The van der Waals surface area contributed by atoms with Crippen molar-refractivity contribution in [3.63, 3.8) is 0 Å². The lowest BCUT2D eigenvalue weighted by Crippen LogP contribution is -2.09. The van der Waals surface area contributed by atoms with E-state index in [1.807, 2.05) is 12.4 Å². The highest BCUT2D eigenvalue weighted by atomic mass is 32.1. The van der Waals surface area contributed by atoms with E-state index in [2.05, 4.69) is 82.6 Å². The second-order valence-electron chi connectivity index (χ2n) is 7.62. The molecule has 2 aromatic carbocycles. The highest BCUT2D eigenvalue weighted by Gasteiger charge is 2.17. The van der Waals surface area contributed by atoms with Crippen LogP contribution in [-0.2, 0) is 6.42 Å². The quantitative estimate of drug-likeness (QED) is 0.374. The molecule has 30 heavy (non-hydrogen) atoms. The van der Waals surface area contributed by atoms with Crippen molar-refractivity contribution >= 4 is 38.4 Å². The van der Waals surface area contributed by atoms with Crippen LogP contribution in [0.25, 0.3) is 32.6 Å². The number of nitrogens with one attached hydrogen (secondary N) is 1. The summed E-state index contributed by atoms with van der Waals surface area (Å²) in [6.45, 7) is 5.07. The molecule has 0 aliphatic carbocycles. The fourth-order valence-corrected chi connectivity index (χ4v) is 4.60. The zero-order valence-corrected chi connectivity index (χ0v) is 17.9. The van der Waals surface area contributed by atoms with Gasteiger partial charge in [-0.15, -0.1) is 11.3 Å². The van der Waals surface area contributed by atoms with Crippen molar-refractivity contribution in [3.8, 4) is 11.4 Å². The van der Waals surface area contributed by atoms with Gasteiger partial charge in [0.05, 0.1) is 6.33 Å². The molecule has 0 bridgehead atoms. The fourth-order valence-electron chi connectivity index (χ4n) is 3.66. The van der Waals surface area contributed by atoms with Crippen LogP contribution in [0.5, 0.6) is 0 Å². The predicted molar refractivity (Wildman–Crippen MR) is 125 cm³/mol. The normalized spacial score (nSPS) is 11.6. The molecule has 0 unspecified atom stereocenters. The Morgan fingerprint density at radius 1 is 1.00 bits per heavy atom. The zero-order chi connectivity index (χ0) is 20.5. The van der Waals surface area contributed by atoms with Gasteiger partial charge in [-0.3, -0.25) is 0 Å². The summed E-state index contributed by atoms with van der Waals surface area (Å²) in [5.41, 5.74) is 4.06. The number of nitrogens with zero attached hydrogens (tertiary/aromatic N) is 4. The molecule has 3 aromatic heterocycles. The largest absolute Gasteiger partial charge is 0.368 e. The van der Waals surface area contributed by atoms with Crippen molar-refractivity contribution < 1.29 is 0 Å². The standard InChI is InChI=1S/C24H23N5S/c1-16(2)29-15-26-21-23(25-13-12-17-8-4-3-5-9-17)27-22(28-24(21)29)19-14-30-20-11-7-6-10-18(19)20/h3-11,14-16H,12-13H2,1-2H3,(H,25,27,28). The van der Waals surface area contributed by atoms with Crippen molar-refractivity contribution in [2.45, 2.75) is 26.3 Å². The second kappa shape index (κ2) is 7.88. The summed E-state index contributed by atoms with van der Waals surface area (Å²) in [7, 11) is 0. The molecule has 1 N–H and O–H groups in total. The minimum atomic E-state index is 0.272. The molecule has 0 amide bonds. The van der Waals surface area contributed by atoms with E-state index < -0.39 is 0 Å². The van der Waals surface area contributed by atoms with Crippen LogP contribution >= 0.6 is 11.3 Å². The molecule has 5 aromatic rings. The Kier molecular flexibility index (Phi) is 4.93. The Morgan fingerprint density at radius 2 is 1.80 bits per heavy atom. The van der Waals surface area contributed by atoms with E-state index >= 15 is 0 Å². The molecule has 0 fully saturated rings. The van der Waals surface area contributed by atoms with Gasteiger partial charge in [0.2, 0.25) is 0 Å². The van der Waals surface area contributed by atoms with Crippen LogP contribution in [0.1, 0.15) is 25.5 Å². The molecule has 0 radical (unpaired) electrons. The summed E-state index contributed by atoms with van der Waals surface area (Å²) in [5, 5.41) is 6.85. The molecular weight excluding hydrogens is 390 g/mol. The average Bonchev–Trinajstić information content (AvgIpc) is 3.39. The number of thiophene rings is 1. The van der Waals surface area contributed by atoms with Crippen LogP contribution in [-0.4, -0.2) is 26.1 Å². The van der Waals surface area contributed by atoms with Gasteiger partial charge >= 0.3 is 0 Å². The molecule has 6 heteroatoms. The lowest BCUT2D eigenvalue weighted by atomic mass is 10.1. The monoisotopic (exact) mass is 413 g/mol. The van der Waals surface area contributed by atoms with Gasteiger partial charge in [-0.25, -0.2) is 15.0 Å². The van der Waals surface area contributed by atoms with Crippen LogP contribution in [0.3, 0.4) is 0 Å². The summed E-state index contributed by atoms with van der Waals surface area (Å²) in [4.78, 5) is 14.5.